The largest absolute Gasteiger partial charge is 0.481 e. The maximum atomic E-state index is 6.23. The van der Waals surface area contributed by atoms with Gasteiger partial charge in [0.1, 0.15) is 11.3 Å². The van der Waals surface area contributed by atoms with Crippen LogP contribution in [0, 0.1) is 5.92 Å². The molecule has 0 spiro atoms. The Labute approximate surface area is 111 Å². The molecule has 2 aromatic rings. The molecule has 1 aliphatic carbocycles. The van der Waals surface area contributed by atoms with Gasteiger partial charge in [-0.15, -0.1) is 11.6 Å². The van der Waals surface area contributed by atoms with E-state index in [2.05, 4.69) is 21.5 Å². The fourth-order valence-corrected chi connectivity index (χ4v) is 2.51. The molecule has 96 valence electrons. The molecule has 4 nitrogen and oxygen atoms in total. The average Bonchev–Trinajstić information content (AvgIpc) is 2.94. The first kappa shape index (κ1) is 11.8. The summed E-state index contributed by atoms with van der Waals surface area (Å²) in [5.41, 5.74) is 1.77. The van der Waals surface area contributed by atoms with Crippen molar-refractivity contribution in [1.82, 2.24) is 14.5 Å². The second kappa shape index (κ2) is 4.12. The van der Waals surface area contributed by atoms with Crippen LogP contribution in [-0.2, 0) is 0 Å². The van der Waals surface area contributed by atoms with Gasteiger partial charge < -0.3 is 9.30 Å². The molecule has 0 aromatic carbocycles. The van der Waals surface area contributed by atoms with Crippen molar-refractivity contribution in [3.05, 3.63) is 18.0 Å². The number of methoxy groups -OCH3 is 1. The third-order valence-corrected chi connectivity index (χ3v) is 3.70. The fourth-order valence-electron chi connectivity index (χ4n) is 2.36. The van der Waals surface area contributed by atoms with Gasteiger partial charge in [0.25, 0.3) is 0 Å². The Morgan fingerprint density at radius 3 is 2.72 bits per heavy atom. The van der Waals surface area contributed by atoms with Gasteiger partial charge in [-0.1, -0.05) is 6.92 Å². The van der Waals surface area contributed by atoms with Gasteiger partial charge in [-0.25, -0.2) is 4.98 Å². The average molecular weight is 266 g/mol. The van der Waals surface area contributed by atoms with Crippen molar-refractivity contribution >= 4 is 22.8 Å². The highest BCUT2D eigenvalue weighted by Crippen LogP contribution is 2.46. The topological polar surface area (TPSA) is 39.9 Å². The summed E-state index contributed by atoms with van der Waals surface area (Å²) in [6.07, 6.45) is 1.17. The zero-order valence-electron chi connectivity index (χ0n) is 10.7. The van der Waals surface area contributed by atoms with Crippen LogP contribution in [0.3, 0.4) is 0 Å². The highest BCUT2D eigenvalue weighted by atomic mass is 35.5. The predicted molar refractivity (Wildman–Crippen MR) is 71.2 cm³/mol. The number of hydrogen-bond acceptors (Lipinski definition) is 3. The molecule has 2 aromatic heterocycles. The number of halogens is 1. The Kier molecular flexibility index (Phi) is 2.70. The lowest BCUT2D eigenvalue weighted by Crippen LogP contribution is -2.04. The predicted octanol–water partition coefficient (Wildman–Crippen LogP) is 3.32. The van der Waals surface area contributed by atoms with Gasteiger partial charge in [-0.05, 0) is 25.3 Å². The number of aromatic nitrogens is 3. The van der Waals surface area contributed by atoms with Crippen LogP contribution in [0.15, 0.2) is 12.1 Å². The van der Waals surface area contributed by atoms with E-state index < -0.39 is 0 Å². The van der Waals surface area contributed by atoms with Gasteiger partial charge in [0.2, 0.25) is 5.88 Å². The minimum Gasteiger partial charge on any atom is -0.481 e. The Balaban J connectivity index is 2.22. The van der Waals surface area contributed by atoms with Crippen LogP contribution in [0.4, 0.5) is 0 Å². The lowest BCUT2D eigenvalue weighted by molar-refractivity contribution is 0.399. The van der Waals surface area contributed by atoms with E-state index in [1.807, 2.05) is 19.1 Å². The standard InChI is InChI=1S/C13H16ClN3O/c1-7-6-10(7)17-12(8(2)14)15-9-4-5-11(18-3)16-13(9)17/h4-5,7-8,10H,6H2,1-3H3. The minimum atomic E-state index is -0.113. The van der Waals surface area contributed by atoms with Crippen LogP contribution in [-0.4, -0.2) is 21.6 Å². The molecule has 2 heterocycles. The van der Waals surface area contributed by atoms with Crippen molar-refractivity contribution in [3.8, 4) is 5.88 Å². The quantitative estimate of drug-likeness (QED) is 0.800. The summed E-state index contributed by atoms with van der Waals surface area (Å²) in [5, 5.41) is -0.113. The summed E-state index contributed by atoms with van der Waals surface area (Å²) in [6.45, 7) is 4.18. The van der Waals surface area contributed by atoms with E-state index in [-0.39, 0.29) is 5.38 Å². The summed E-state index contributed by atoms with van der Waals surface area (Å²) in [6, 6.07) is 4.25. The number of ether oxygens (including phenoxy) is 1. The number of hydrogen-bond donors (Lipinski definition) is 0. The van der Waals surface area contributed by atoms with Crippen LogP contribution in [0.2, 0.25) is 0 Å². The second-order valence-corrected chi connectivity index (χ2v) is 5.59. The van der Waals surface area contributed by atoms with Gasteiger partial charge in [0.15, 0.2) is 5.65 Å². The lowest BCUT2D eigenvalue weighted by Gasteiger charge is -2.09. The lowest BCUT2D eigenvalue weighted by atomic mass is 10.4. The maximum Gasteiger partial charge on any atom is 0.215 e. The molecule has 0 amide bonds. The molecule has 0 aliphatic heterocycles. The molecule has 18 heavy (non-hydrogen) atoms. The molecule has 0 saturated heterocycles. The Morgan fingerprint density at radius 2 is 2.17 bits per heavy atom. The number of pyridine rings is 1. The van der Waals surface area contributed by atoms with Crippen LogP contribution in [0.5, 0.6) is 5.88 Å². The molecule has 3 atom stereocenters. The first-order valence-electron chi connectivity index (χ1n) is 6.18. The van der Waals surface area contributed by atoms with Crippen LogP contribution in [0.25, 0.3) is 11.2 Å². The number of alkyl halides is 1. The van der Waals surface area contributed by atoms with Gasteiger partial charge >= 0.3 is 0 Å². The molecular weight excluding hydrogens is 250 g/mol. The van der Waals surface area contributed by atoms with E-state index >= 15 is 0 Å². The number of fused-ring (bicyclic) bond motifs is 1. The Bertz CT molecular complexity index is 593. The molecule has 1 aliphatic rings. The molecule has 1 saturated carbocycles. The molecular formula is C13H16ClN3O. The zero-order valence-corrected chi connectivity index (χ0v) is 11.5. The van der Waals surface area contributed by atoms with Crippen LogP contribution >= 0.6 is 11.6 Å². The van der Waals surface area contributed by atoms with Crippen molar-refractivity contribution in [2.45, 2.75) is 31.7 Å². The normalized spacial score (nSPS) is 24.2. The van der Waals surface area contributed by atoms with Crippen molar-refractivity contribution in [2.24, 2.45) is 5.92 Å². The van der Waals surface area contributed by atoms with Crippen molar-refractivity contribution in [3.63, 3.8) is 0 Å². The summed E-state index contributed by atoms with van der Waals surface area (Å²) < 4.78 is 7.37. The molecule has 0 radical (unpaired) electrons. The third kappa shape index (κ3) is 1.75. The van der Waals surface area contributed by atoms with Crippen LogP contribution in [0.1, 0.15) is 37.5 Å². The van der Waals surface area contributed by atoms with Gasteiger partial charge in [0.05, 0.1) is 12.5 Å². The summed E-state index contributed by atoms with van der Waals surface area (Å²) in [5.74, 6) is 2.19. The monoisotopic (exact) mass is 265 g/mol. The smallest absolute Gasteiger partial charge is 0.215 e. The number of rotatable bonds is 3. The van der Waals surface area contributed by atoms with Crippen molar-refractivity contribution < 1.29 is 4.74 Å². The third-order valence-electron chi connectivity index (χ3n) is 3.50. The maximum absolute atomic E-state index is 6.23. The highest BCUT2D eigenvalue weighted by Gasteiger charge is 2.38. The van der Waals surface area contributed by atoms with Crippen molar-refractivity contribution in [1.29, 1.82) is 0 Å². The Morgan fingerprint density at radius 1 is 1.44 bits per heavy atom. The molecule has 0 N–H and O–H groups in total. The second-order valence-electron chi connectivity index (χ2n) is 4.93. The number of imidazole rings is 1. The zero-order chi connectivity index (χ0) is 12.9. The van der Waals surface area contributed by atoms with E-state index in [1.54, 1.807) is 7.11 Å². The van der Waals surface area contributed by atoms with E-state index in [4.69, 9.17) is 16.3 Å². The fraction of sp³-hybridized carbons (Fsp3) is 0.538. The SMILES string of the molecule is COc1ccc2nc(C(C)Cl)n(C3CC3C)c2n1. The van der Waals surface area contributed by atoms with E-state index in [9.17, 15) is 0 Å². The van der Waals surface area contributed by atoms with Gasteiger partial charge in [-0.2, -0.15) is 4.98 Å². The summed E-state index contributed by atoms with van der Waals surface area (Å²) >= 11 is 6.23. The summed E-state index contributed by atoms with van der Waals surface area (Å²) in [4.78, 5) is 9.11. The highest BCUT2D eigenvalue weighted by molar-refractivity contribution is 6.20. The first-order chi connectivity index (χ1) is 8.61. The van der Waals surface area contributed by atoms with Crippen LogP contribution < -0.4 is 4.74 Å². The van der Waals surface area contributed by atoms with E-state index in [1.165, 1.54) is 6.42 Å². The Hall–Kier alpha value is -1.29. The molecule has 0 bridgehead atoms. The summed E-state index contributed by atoms with van der Waals surface area (Å²) in [7, 11) is 1.62. The van der Waals surface area contributed by atoms with Gasteiger partial charge in [0, 0.05) is 12.1 Å². The minimum absolute atomic E-state index is 0.113. The first-order valence-corrected chi connectivity index (χ1v) is 6.62. The molecule has 5 heteroatoms. The van der Waals surface area contributed by atoms with Crippen molar-refractivity contribution in [2.75, 3.05) is 7.11 Å². The molecule has 3 unspecified atom stereocenters. The van der Waals surface area contributed by atoms with E-state index in [0.29, 0.717) is 17.8 Å². The molecule has 3 rings (SSSR count). The number of nitrogens with zero attached hydrogens (tertiary/aromatic N) is 3. The molecule has 1 fully saturated rings. The van der Waals surface area contributed by atoms with Gasteiger partial charge in [-0.3, -0.25) is 0 Å². The van der Waals surface area contributed by atoms with E-state index in [0.717, 1.165) is 17.0 Å².